The van der Waals surface area contributed by atoms with E-state index in [2.05, 4.69) is 5.32 Å². The predicted octanol–water partition coefficient (Wildman–Crippen LogP) is 4.40. The van der Waals surface area contributed by atoms with Crippen LogP contribution in [0.3, 0.4) is 0 Å². The lowest BCUT2D eigenvalue weighted by Gasteiger charge is -2.13. The third kappa shape index (κ3) is 4.81. The van der Waals surface area contributed by atoms with Crippen molar-refractivity contribution in [1.82, 2.24) is 0 Å². The predicted molar refractivity (Wildman–Crippen MR) is 95.1 cm³/mol. The smallest absolute Gasteiger partial charge is 0.234 e. The van der Waals surface area contributed by atoms with Crippen molar-refractivity contribution in [2.45, 2.75) is 11.8 Å². The summed E-state index contributed by atoms with van der Waals surface area (Å²) in [5.41, 5.74) is 1.62. The van der Waals surface area contributed by atoms with Gasteiger partial charge in [0.1, 0.15) is 0 Å². The van der Waals surface area contributed by atoms with E-state index in [1.165, 1.54) is 11.8 Å². The molecule has 1 N–H and O–H groups in total. The number of carbonyl (C=O) groups excluding carboxylic acids is 1. The number of amides is 1. The van der Waals surface area contributed by atoms with E-state index in [-0.39, 0.29) is 5.91 Å². The maximum Gasteiger partial charge on any atom is 0.234 e. The van der Waals surface area contributed by atoms with Gasteiger partial charge in [0, 0.05) is 21.7 Å². The monoisotopic (exact) mass is 351 g/mol. The molecular formula is C17H18ClNO3S. The Morgan fingerprint density at radius 1 is 1.13 bits per heavy atom. The largest absolute Gasteiger partial charge is 0.493 e. The molecule has 0 spiro atoms. The standard InChI is InChI=1S/C17H18ClNO3S/c1-11-8-15(21-2)16(22-3)9-14(11)19-17(20)10-23-13-6-4-12(18)5-7-13/h4-9H,10H2,1-3H3,(H,19,20). The van der Waals surface area contributed by atoms with Crippen molar-refractivity contribution >= 4 is 35.0 Å². The molecule has 0 aliphatic heterocycles. The van der Waals surface area contributed by atoms with Crippen LogP contribution in [0.1, 0.15) is 5.56 Å². The first-order valence-electron chi connectivity index (χ1n) is 6.94. The summed E-state index contributed by atoms with van der Waals surface area (Å²) in [6.07, 6.45) is 0. The summed E-state index contributed by atoms with van der Waals surface area (Å²) < 4.78 is 10.5. The Morgan fingerprint density at radius 3 is 2.35 bits per heavy atom. The van der Waals surface area contributed by atoms with Gasteiger partial charge in [-0.15, -0.1) is 11.8 Å². The average molecular weight is 352 g/mol. The van der Waals surface area contributed by atoms with Crippen LogP contribution in [0.2, 0.25) is 5.02 Å². The van der Waals surface area contributed by atoms with Crippen molar-refractivity contribution in [2.24, 2.45) is 0 Å². The van der Waals surface area contributed by atoms with Gasteiger partial charge in [-0.3, -0.25) is 4.79 Å². The van der Waals surface area contributed by atoms with Gasteiger partial charge in [-0.2, -0.15) is 0 Å². The summed E-state index contributed by atoms with van der Waals surface area (Å²) in [4.78, 5) is 13.1. The number of aryl methyl sites for hydroxylation is 1. The second-order valence-corrected chi connectivity index (χ2v) is 6.30. The van der Waals surface area contributed by atoms with Gasteiger partial charge in [0.15, 0.2) is 11.5 Å². The van der Waals surface area contributed by atoms with E-state index >= 15 is 0 Å². The molecule has 2 aromatic carbocycles. The van der Waals surface area contributed by atoms with Crippen molar-refractivity contribution < 1.29 is 14.3 Å². The van der Waals surface area contributed by atoms with Crippen molar-refractivity contribution in [1.29, 1.82) is 0 Å². The Morgan fingerprint density at radius 2 is 1.74 bits per heavy atom. The van der Waals surface area contributed by atoms with Gasteiger partial charge in [-0.25, -0.2) is 0 Å². The Balaban J connectivity index is 2.01. The van der Waals surface area contributed by atoms with E-state index in [0.717, 1.165) is 10.5 Å². The second-order valence-electron chi connectivity index (χ2n) is 4.81. The van der Waals surface area contributed by atoms with E-state index in [4.69, 9.17) is 21.1 Å². The first-order chi connectivity index (χ1) is 11.0. The molecule has 0 aliphatic carbocycles. The lowest BCUT2D eigenvalue weighted by molar-refractivity contribution is -0.113. The molecule has 0 radical (unpaired) electrons. The van der Waals surface area contributed by atoms with Crippen LogP contribution >= 0.6 is 23.4 Å². The topological polar surface area (TPSA) is 47.6 Å². The van der Waals surface area contributed by atoms with E-state index < -0.39 is 0 Å². The molecule has 23 heavy (non-hydrogen) atoms. The molecule has 0 saturated heterocycles. The van der Waals surface area contributed by atoms with Gasteiger partial charge >= 0.3 is 0 Å². The highest BCUT2D eigenvalue weighted by atomic mass is 35.5. The highest BCUT2D eigenvalue weighted by Gasteiger charge is 2.11. The van der Waals surface area contributed by atoms with Crippen LogP contribution < -0.4 is 14.8 Å². The quantitative estimate of drug-likeness (QED) is 0.784. The summed E-state index contributed by atoms with van der Waals surface area (Å²) in [7, 11) is 3.15. The Kier molecular flexibility index (Phi) is 6.19. The van der Waals surface area contributed by atoms with Gasteiger partial charge in [-0.05, 0) is 42.8 Å². The van der Waals surface area contributed by atoms with E-state index in [0.29, 0.717) is 28.0 Å². The normalized spacial score (nSPS) is 10.3. The molecule has 0 unspecified atom stereocenters. The number of halogens is 1. The molecule has 1 amide bonds. The molecule has 0 aliphatic rings. The van der Waals surface area contributed by atoms with Gasteiger partial charge in [0.2, 0.25) is 5.91 Å². The molecule has 2 rings (SSSR count). The zero-order chi connectivity index (χ0) is 16.8. The van der Waals surface area contributed by atoms with E-state index in [1.807, 2.05) is 25.1 Å². The molecule has 0 fully saturated rings. The van der Waals surface area contributed by atoms with Crippen molar-refractivity contribution in [3.8, 4) is 11.5 Å². The minimum absolute atomic E-state index is 0.0831. The Hall–Kier alpha value is -1.85. The van der Waals surface area contributed by atoms with Crippen LogP contribution in [-0.2, 0) is 4.79 Å². The fourth-order valence-electron chi connectivity index (χ4n) is 1.98. The van der Waals surface area contributed by atoms with E-state index in [1.54, 1.807) is 32.4 Å². The number of hydrogen-bond donors (Lipinski definition) is 1. The number of carbonyl (C=O) groups is 1. The maximum absolute atomic E-state index is 12.1. The number of anilines is 1. The van der Waals surface area contributed by atoms with E-state index in [9.17, 15) is 4.79 Å². The first-order valence-corrected chi connectivity index (χ1v) is 8.30. The van der Waals surface area contributed by atoms with Crippen molar-refractivity contribution in [2.75, 3.05) is 25.3 Å². The first kappa shape index (κ1) is 17.5. The molecule has 0 atom stereocenters. The highest BCUT2D eigenvalue weighted by molar-refractivity contribution is 8.00. The Bertz CT molecular complexity index is 689. The SMILES string of the molecule is COc1cc(C)c(NC(=O)CSc2ccc(Cl)cc2)cc1OC. The van der Waals surface area contributed by atoms with Crippen LogP contribution in [0.25, 0.3) is 0 Å². The van der Waals surface area contributed by atoms with Crippen LogP contribution in [0.15, 0.2) is 41.3 Å². The van der Waals surface area contributed by atoms with Crippen LogP contribution in [-0.4, -0.2) is 25.9 Å². The molecular weight excluding hydrogens is 334 g/mol. The lowest BCUT2D eigenvalue weighted by Crippen LogP contribution is -2.15. The van der Waals surface area contributed by atoms with Crippen molar-refractivity contribution in [3.63, 3.8) is 0 Å². The minimum Gasteiger partial charge on any atom is -0.493 e. The third-order valence-corrected chi connectivity index (χ3v) is 4.45. The number of methoxy groups -OCH3 is 2. The van der Waals surface area contributed by atoms with Crippen molar-refractivity contribution in [3.05, 3.63) is 47.0 Å². The molecule has 4 nitrogen and oxygen atoms in total. The average Bonchev–Trinajstić information content (AvgIpc) is 2.55. The zero-order valence-electron chi connectivity index (χ0n) is 13.2. The van der Waals surface area contributed by atoms with Gasteiger partial charge < -0.3 is 14.8 Å². The van der Waals surface area contributed by atoms with Gasteiger partial charge in [-0.1, -0.05) is 11.6 Å². The van der Waals surface area contributed by atoms with Gasteiger partial charge in [0.05, 0.1) is 20.0 Å². The Labute approximate surface area is 145 Å². The molecule has 2 aromatic rings. The summed E-state index contributed by atoms with van der Waals surface area (Å²) in [5, 5.41) is 3.58. The fourth-order valence-corrected chi connectivity index (χ4v) is 2.81. The summed E-state index contributed by atoms with van der Waals surface area (Å²) in [5.74, 6) is 1.45. The van der Waals surface area contributed by atoms with Crippen LogP contribution in [0.4, 0.5) is 5.69 Å². The highest BCUT2D eigenvalue weighted by Crippen LogP contribution is 2.33. The number of hydrogen-bond acceptors (Lipinski definition) is 4. The molecule has 0 saturated carbocycles. The summed E-state index contributed by atoms with van der Waals surface area (Å²) in [6, 6.07) is 11.0. The van der Waals surface area contributed by atoms with Crippen LogP contribution in [0.5, 0.6) is 11.5 Å². The molecule has 122 valence electrons. The number of ether oxygens (including phenoxy) is 2. The number of rotatable bonds is 6. The zero-order valence-corrected chi connectivity index (χ0v) is 14.8. The third-order valence-electron chi connectivity index (χ3n) is 3.19. The summed E-state index contributed by atoms with van der Waals surface area (Å²) in [6.45, 7) is 1.91. The fraction of sp³-hybridized carbons (Fsp3) is 0.235. The number of benzene rings is 2. The van der Waals surface area contributed by atoms with Gasteiger partial charge in [0.25, 0.3) is 0 Å². The summed E-state index contributed by atoms with van der Waals surface area (Å²) >= 11 is 7.30. The molecule has 6 heteroatoms. The molecule has 0 aromatic heterocycles. The minimum atomic E-state index is -0.0831. The maximum atomic E-state index is 12.1. The molecule has 0 bridgehead atoms. The van der Waals surface area contributed by atoms with Crippen LogP contribution in [0, 0.1) is 6.92 Å². The molecule has 0 heterocycles. The number of thioether (sulfide) groups is 1. The lowest BCUT2D eigenvalue weighted by atomic mass is 10.1. The second kappa shape index (κ2) is 8.13. The number of nitrogens with one attached hydrogen (secondary N) is 1.